The maximum absolute atomic E-state index is 6.22. The summed E-state index contributed by atoms with van der Waals surface area (Å²) in [5.41, 5.74) is 6.22. The van der Waals surface area contributed by atoms with Crippen LogP contribution in [-0.4, -0.2) is 11.9 Å². The van der Waals surface area contributed by atoms with Gasteiger partial charge in [-0.05, 0) is 37.5 Å². The van der Waals surface area contributed by atoms with Crippen LogP contribution in [0.3, 0.4) is 0 Å². The van der Waals surface area contributed by atoms with Crippen molar-refractivity contribution in [3.63, 3.8) is 0 Å². The minimum absolute atomic E-state index is 0.518. The van der Waals surface area contributed by atoms with Crippen LogP contribution in [0.2, 0.25) is 0 Å². The van der Waals surface area contributed by atoms with Crippen LogP contribution in [0.15, 0.2) is 4.99 Å². The minimum Gasteiger partial charge on any atom is -0.387 e. The van der Waals surface area contributed by atoms with Gasteiger partial charge in [0.25, 0.3) is 0 Å². The molecule has 2 N–H and O–H groups in total. The van der Waals surface area contributed by atoms with Gasteiger partial charge in [-0.2, -0.15) is 0 Å². The summed E-state index contributed by atoms with van der Waals surface area (Å²) in [7, 11) is 0. The van der Waals surface area contributed by atoms with Gasteiger partial charge in [0.15, 0.2) is 0 Å². The molecule has 2 aliphatic carbocycles. The van der Waals surface area contributed by atoms with Gasteiger partial charge in [-0.1, -0.05) is 39.5 Å². The van der Waals surface area contributed by atoms with Crippen molar-refractivity contribution in [3.05, 3.63) is 0 Å². The topological polar surface area (TPSA) is 38.4 Å². The summed E-state index contributed by atoms with van der Waals surface area (Å²) in [4.78, 5) is 4.92. The average Bonchev–Trinajstić information content (AvgIpc) is 2.83. The Morgan fingerprint density at radius 1 is 1.00 bits per heavy atom. The van der Waals surface area contributed by atoms with Gasteiger partial charge in [-0.25, -0.2) is 0 Å². The summed E-state index contributed by atoms with van der Waals surface area (Å²) in [5, 5.41) is 0. The Balaban J connectivity index is 2.00. The van der Waals surface area contributed by atoms with E-state index in [1.165, 1.54) is 51.4 Å². The Morgan fingerprint density at radius 2 is 1.59 bits per heavy atom. The number of hydrogen-bond donors (Lipinski definition) is 1. The molecule has 2 atom stereocenters. The Labute approximate surface area is 106 Å². The lowest BCUT2D eigenvalue weighted by Gasteiger charge is -2.32. The lowest BCUT2D eigenvalue weighted by molar-refractivity contribution is 0.241. The second kappa shape index (κ2) is 5.88. The SMILES string of the molecule is CC(C)C1CCCCC1N=C(N)C1CCCC1. The predicted molar refractivity (Wildman–Crippen MR) is 74.2 cm³/mol. The molecule has 0 bridgehead atoms. The number of rotatable bonds is 3. The van der Waals surface area contributed by atoms with Crippen molar-refractivity contribution in [1.82, 2.24) is 0 Å². The fourth-order valence-corrected chi connectivity index (χ4v) is 3.60. The van der Waals surface area contributed by atoms with Crippen LogP contribution >= 0.6 is 0 Å². The number of nitrogens with zero attached hydrogens (tertiary/aromatic N) is 1. The Bertz CT molecular complexity index is 264. The molecule has 2 nitrogen and oxygen atoms in total. The van der Waals surface area contributed by atoms with Gasteiger partial charge in [-0.15, -0.1) is 0 Å². The first-order valence-electron chi connectivity index (χ1n) is 7.51. The van der Waals surface area contributed by atoms with Gasteiger partial charge in [0.1, 0.15) is 0 Å². The van der Waals surface area contributed by atoms with Crippen molar-refractivity contribution in [2.24, 2.45) is 28.5 Å². The van der Waals surface area contributed by atoms with Crippen molar-refractivity contribution in [3.8, 4) is 0 Å². The van der Waals surface area contributed by atoms with Crippen molar-refractivity contribution in [2.45, 2.75) is 71.3 Å². The third-order valence-electron chi connectivity index (χ3n) is 4.73. The van der Waals surface area contributed by atoms with Crippen molar-refractivity contribution < 1.29 is 0 Å². The fourth-order valence-electron chi connectivity index (χ4n) is 3.60. The highest BCUT2D eigenvalue weighted by molar-refractivity contribution is 5.83. The van der Waals surface area contributed by atoms with Gasteiger partial charge in [0.05, 0.1) is 11.9 Å². The lowest BCUT2D eigenvalue weighted by atomic mass is 9.78. The molecule has 2 heteroatoms. The van der Waals surface area contributed by atoms with E-state index >= 15 is 0 Å². The first kappa shape index (κ1) is 12.9. The van der Waals surface area contributed by atoms with Crippen LogP contribution in [0.25, 0.3) is 0 Å². The summed E-state index contributed by atoms with van der Waals surface area (Å²) < 4.78 is 0. The molecule has 0 heterocycles. The second-order valence-electron chi connectivity index (χ2n) is 6.30. The highest BCUT2D eigenvalue weighted by atomic mass is 14.9. The average molecular weight is 236 g/mol. The predicted octanol–water partition coefficient (Wildman–Crippen LogP) is 3.75. The Morgan fingerprint density at radius 3 is 2.24 bits per heavy atom. The van der Waals surface area contributed by atoms with Crippen molar-refractivity contribution >= 4 is 5.84 Å². The largest absolute Gasteiger partial charge is 0.387 e. The third-order valence-corrected chi connectivity index (χ3v) is 4.73. The zero-order valence-electron chi connectivity index (χ0n) is 11.5. The molecule has 17 heavy (non-hydrogen) atoms. The van der Waals surface area contributed by atoms with E-state index in [9.17, 15) is 0 Å². The summed E-state index contributed by atoms with van der Waals surface area (Å²) >= 11 is 0. The Kier molecular flexibility index (Phi) is 4.47. The van der Waals surface area contributed by atoms with Crippen LogP contribution < -0.4 is 5.73 Å². The summed E-state index contributed by atoms with van der Waals surface area (Å²) in [5.74, 6) is 3.09. The van der Waals surface area contributed by atoms with E-state index in [0.29, 0.717) is 12.0 Å². The lowest BCUT2D eigenvalue weighted by Crippen LogP contribution is -2.31. The van der Waals surface area contributed by atoms with E-state index in [4.69, 9.17) is 10.7 Å². The van der Waals surface area contributed by atoms with Crippen LogP contribution in [0, 0.1) is 17.8 Å². The molecule has 98 valence electrons. The van der Waals surface area contributed by atoms with Gasteiger partial charge in [0, 0.05) is 5.92 Å². The van der Waals surface area contributed by atoms with Crippen LogP contribution in [0.1, 0.15) is 65.2 Å². The summed E-state index contributed by atoms with van der Waals surface area (Å²) in [6.45, 7) is 4.68. The number of aliphatic imine (C=N–C) groups is 1. The molecule has 0 saturated heterocycles. The highest BCUT2D eigenvalue weighted by Gasteiger charge is 2.28. The highest BCUT2D eigenvalue weighted by Crippen LogP contribution is 2.33. The van der Waals surface area contributed by atoms with Gasteiger partial charge in [0.2, 0.25) is 0 Å². The van der Waals surface area contributed by atoms with Gasteiger partial charge >= 0.3 is 0 Å². The quantitative estimate of drug-likeness (QED) is 0.588. The smallest absolute Gasteiger partial charge is 0.0971 e. The Hall–Kier alpha value is -0.530. The second-order valence-corrected chi connectivity index (χ2v) is 6.30. The first-order chi connectivity index (χ1) is 8.18. The molecule has 0 aromatic heterocycles. The number of nitrogens with two attached hydrogens (primary N) is 1. The van der Waals surface area contributed by atoms with E-state index in [1.54, 1.807) is 0 Å². The molecule has 0 aliphatic heterocycles. The fraction of sp³-hybridized carbons (Fsp3) is 0.933. The minimum atomic E-state index is 0.518. The summed E-state index contributed by atoms with van der Waals surface area (Å²) in [6, 6.07) is 0.518. The van der Waals surface area contributed by atoms with Gasteiger partial charge < -0.3 is 5.73 Å². The molecule has 0 spiro atoms. The molecule has 2 fully saturated rings. The molecule has 0 aromatic carbocycles. The van der Waals surface area contributed by atoms with Crippen LogP contribution in [-0.2, 0) is 0 Å². The van der Waals surface area contributed by atoms with E-state index < -0.39 is 0 Å². The summed E-state index contributed by atoms with van der Waals surface area (Å²) in [6.07, 6.45) is 10.6. The zero-order chi connectivity index (χ0) is 12.3. The first-order valence-corrected chi connectivity index (χ1v) is 7.51. The molecule has 0 amide bonds. The van der Waals surface area contributed by atoms with E-state index in [0.717, 1.165) is 17.7 Å². The maximum atomic E-state index is 6.22. The third kappa shape index (κ3) is 3.23. The van der Waals surface area contributed by atoms with Crippen LogP contribution in [0.5, 0.6) is 0 Å². The maximum Gasteiger partial charge on any atom is 0.0971 e. The van der Waals surface area contributed by atoms with Crippen molar-refractivity contribution in [2.75, 3.05) is 0 Å². The van der Waals surface area contributed by atoms with E-state index in [-0.39, 0.29) is 0 Å². The van der Waals surface area contributed by atoms with E-state index in [2.05, 4.69) is 13.8 Å². The molecule has 0 aromatic rings. The van der Waals surface area contributed by atoms with E-state index in [1.807, 2.05) is 0 Å². The zero-order valence-corrected chi connectivity index (χ0v) is 11.5. The molecular formula is C15H28N2. The van der Waals surface area contributed by atoms with Crippen molar-refractivity contribution in [1.29, 1.82) is 0 Å². The standard InChI is InChI=1S/C15H28N2/c1-11(2)13-9-5-6-10-14(13)17-15(16)12-7-3-4-8-12/h11-14H,3-10H2,1-2H3,(H2,16,17). The molecular weight excluding hydrogens is 208 g/mol. The molecule has 2 aliphatic rings. The van der Waals surface area contributed by atoms with Gasteiger partial charge in [-0.3, -0.25) is 4.99 Å². The molecule has 2 rings (SSSR count). The molecule has 2 saturated carbocycles. The number of amidine groups is 1. The number of hydrogen-bond acceptors (Lipinski definition) is 1. The molecule has 2 unspecified atom stereocenters. The monoisotopic (exact) mass is 236 g/mol. The normalized spacial score (nSPS) is 32.3. The molecule has 0 radical (unpaired) electrons. The van der Waals surface area contributed by atoms with Crippen LogP contribution in [0.4, 0.5) is 0 Å².